The molecule has 1 heterocycles. The topological polar surface area (TPSA) is 148 Å². The average Bonchev–Trinajstić information content (AvgIpc) is 3.52. The van der Waals surface area contributed by atoms with Crippen molar-refractivity contribution in [1.29, 1.82) is 0 Å². The maximum absolute atomic E-state index is 13.8. The minimum absolute atomic E-state index is 0.0179. The fourth-order valence-corrected chi connectivity index (χ4v) is 6.13. The van der Waals surface area contributed by atoms with Crippen molar-refractivity contribution in [3.8, 4) is 17.2 Å². The van der Waals surface area contributed by atoms with Gasteiger partial charge in [0.05, 0.1) is 38.7 Å². The number of amides is 4. The molecule has 0 aliphatic carbocycles. The number of thioether (sulfide) groups is 1. The fraction of sp³-hybridized carbons (Fsp3) is 0.184. The Balaban J connectivity index is 1.33. The number of rotatable bonds is 13. The maximum atomic E-state index is 13.8. The largest absolute Gasteiger partial charge is 0.493 e. The first-order valence-corrected chi connectivity index (χ1v) is 16.8. The van der Waals surface area contributed by atoms with Gasteiger partial charge >= 0.3 is 0 Å². The lowest BCUT2D eigenvalue weighted by molar-refractivity contribution is -0.119. The molecule has 1 atom stereocenters. The molecule has 0 fully saturated rings. The molecule has 0 spiro atoms. The summed E-state index contributed by atoms with van der Waals surface area (Å²) in [6.07, 6.45) is 1.98. The molecule has 3 N–H and O–H groups in total. The zero-order valence-corrected chi connectivity index (χ0v) is 29.3. The van der Waals surface area contributed by atoms with Gasteiger partial charge in [0, 0.05) is 16.1 Å². The maximum Gasteiger partial charge on any atom is 0.272 e. The molecular formula is C38H37N5O7S. The number of methoxy groups -OCH3 is 3. The number of nitrogens with one attached hydrogen (secondary N) is 3. The molecule has 1 aliphatic rings. The first-order chi connectivity index (χ1) is 24.7. The second-order valence-corrected chi connectivity index (χ2v) is 12.4. The van der Waals surface area contributed by atoms with E-state index in [-0.39, 0.29) is 29.8 Å². The van der Waals surface area contributed by atoms with Crippen LogP contribution in [0.25, 0.3) is 6.08 Å². The first-order valence-electron chi connectivity index (χ1n) is 16.0. The minimum atomic E-state index is -0.591. The van der Waals surface area contributed by atoms with Crippen LogP contribution >= 0.6 is 11.8 Å². The van der Waals surface area contributed by atoms with Gasteiger partial charge in [-0.25, -0.2) is 0 Å². The van der Waals surface area contributed by atoms with E-state index in [1.807, 2.05) is 31.2 Å². The molecule has 0 saturated heterocycles. The predicted molar refractivity (Wildman–Crippen MR) is 197 cm³/mol. The van der Waals surface area contributed by atoms with E-state index in [2.05, 4.69) is 21.1 Å². The van der Waals surface area contributed by atoms with Crippen LogP contribution in [0.2, 0.25) is 0 Å². The van der Waals surface area contributed by atoms with Crippen LogP contribution in [-0.4, -0.2) is 56.0 Å². The third-order valence-corrected chi connectivity index (χ3v) is 8.96. The molecule has 4 aromatic rings. The summed E-state index contributed by atoms with van der Waals surface area (Å²) < 4.78 is 16.4. The Morgan fingerprint density at radius 3 is 2.16 bits per heavy atom. The standard InChI is InChI=1S/C38H37N5O7S/c1-5-32(38(47)41-33-23-34(44)43(42-33)27-16-10-7-11-17-27)51-28-18-12-15-26(22-28)39-37(46)29(40-36(45)25-13-8-6-9-14-25)19-24-20-30(48-2)35(50-4)31(21-24)49-3/h6-22,32H,5,23H2,1-4H3,(H,39,46)(H,40,45)(H,41,42,47)/b29-19+. The number of carbonyl (C=O) groups excluding carboxylic acids is 4. The van der Waals surface area contributed by atoms with E-state index in [9.17, 15) is 19.2 Å². The molecule has 0 radical (unpaired) electrons. The molecule has 4 amide bonds. The lowest BCUT2D eigenvalue weighted by atomic mass is 10.1. The Bertz CT molecular complexity index is 1940. The number of anilines is 2. The van der Waals surface area contributed by atoms with Crippen LogP contribution in [0.1, 0.15) is 35.7 Å². The van der Waals surface area contributed by atoms with Crippen molar-refractivity contribution < 1.29 is 33.4 Å². The molecule has 0 aromatic heterocycles. The smallest absolute Gasteiger partial charge is 0.272 e. The zero-order valence-electron chi connectivity index (χ0n) is 28.5. The summed E-state index contributed by atoms with van der Waals surface area (Å²) in [4.78, 5) is 53.5. The number of ether oxygens (including phenoxy) is 3. The van der Waals surface area contributed by atoms with E-state index in [1.54, 1.807) is 72.8 Å². The molecule has 4 aromatic carbocycles. The first kappa shape index (κ1) is 36.2. The summed E-state index contributed by atoms with van der Waals surface area (Å²) in [5.74, 6) is -0.204. The molecule has 0 bridgehead atoms. The molecule has 13 heteroatoms. The lowest BCUT2D eigenvalue weighted by Gasteiger charge is -2.16. The van der Waals surface area contributed by atoms with E-state index < -0.39 is 17.1 Å². The number of nitrogens with zero attached hydrogens (tertiary/aromatic N) is 2. The van der Waals surface area contributed by atoms with Gasteiger partial charge in [0.15, 0.2) is 11.5 Å². The van der Waals surface area contributed by atoms with Gasteiger partial charge in [-0.05, 0) is 72.7 Å². The highest BCUT2D eigenvalue weighted by Crippen LogP contribution is 2.39. The number of hydrogen-bond acceptors (Lipinski definition) is 9. The molecule has 5 rings (SSSR count). The van der Waals surface area contributed by atoms with E-state index in [0.29, 0.717) is 51.1 Å². The van der Waals surface area contributed by atoms with Gasteiger partial charge in [0.1, 0.15) is 11.5 Å². The second-order valence-electron chi connectivity index (χ2n) is 11.1. The van der Waals surface area contributed by atoms with Crippen LogP contribution < -0.4 is 35.2 Å². The molecule has 12 nitrogen and oxygen atoms in total. The van der Waals surface area contributed by atoms with Gasteiger partial charge < -0.3 is 30.2 Å². The number of para-hydroxylation sites is 1. The van der Waals surface area contributed by atoms with Gasteiger partial charge in [0.2, 0.25) is 11.7 Å². The third-order valence-electron chi connectivity index (χ3n) is 7.60. The fourth-order valence-electron chi connectivity index (χ4n) is 5.12. The summed E-state index contributed by atoms with van der Waals surface area (Å²) >= 11 is 1.31. The van der Waals surface area contributed by atoms with Crippen LogP contribution in [0.5, 0.6) is 17.2 Å². The summed E-state index contributed by atoms with van der Waals surface area (Å²) in [7, 11) is 4.45. The van der Waals surface area contributed by atoms with E-state index in [4.69, 9.17) is 14.2 Å². The molecular weight excluding hydrogens is 671 g/mol. The molecule has 51 heavy (non-hydrogen) atoms. The Labute approximate surface area is 299 Å². The lowest BCUT2D eigenvalue weighted by Crippen LogP contribution is -2.36. The van der Waals surface area contributed by atoms with Crippen molar-refractivity contribution in [3.63, 3.8) is 0 Å². The summed E-state index contributed by atoms with van der Waals surface area (Å²) in [5.41, 5.74) is 1.88. The molecule has 1 aliphatic heterocycles. The number of carbonyl (C=O) groups is 4. The average molecular weight is 708 g/mol. The quantitative estimate of drug-likeness (QED) is 0.116. The van der Waals surface area contributed by atoms with Gasteiger partial charge in [-0.1, -0.05) is 49.4 Å². The minimum Gasteiger partial charge on any atom is -0.493 e. The van der Waals surface area contributed by atoms with E-state index in [1.165, 1.54) is 44.2 Å². The number of hydrogen-bond donors (Lipinski definition) is 3. The zero-order chi connectivity index (χ0) is 36.3. The number of benzene rings is 4. The normalized spacial score (nSPS) is 13.2. The predicted octanol–water partition coefficient (Wildman–Crippen LogP) is 5.86. The number of amidine groups is 1. The van der Waals surface area contributed by atoms with Crippen molar-refractivity contribution in [2.24, 2.45) is 5.10 Å². The SMILES string of the molecule is CCC(Sc1cccc(NC(=O)/C(=C\c2cc(OC)c(OC)c(OC)c2)NC(=O)c2ccccc2)c1)C(=O)NC1=NN(c2ccccc2)C(=O)C1. The summed E-state index contributed by atoms with van der Waals surface area (Å²) in [6, 6.07) is 27.9. The van der Waals surface area contributed by atoms with Crippen LogP contribution in [-0.2, 0) is 14.4 Å². The highest BCUT2D eigenvalue weighted by molar-refractivity contribution is 8.00. The van der Waals surface area contributed by atoms with E-state index in [0.717, 1.165) is 0 Å². The van der Waals surface area contributed by atoms with Crippen LogP contribution in [0.4, 0.5) is 11.4 Å². The Morgan fingerprint density at radius 1 is 0.863 bits per heavy atom. The van der Waals surface area contributed by atoms with Crippen molar-refractivity contribution in [1.82, 2.24) is 10.6 Å². The Kier molecular flexibility index (Phi) is 12.1. The van der Waals surface area contributed by atoms with Crippen molar-refractivity contribution in [2.75, 3.05) is 31.7 Å². The third kappa shape index (κ3) is 9.13. The summed E-state index contributed by atoms with van der Waals surface area (Å²) in [6.45, 7) is 1.89. The van der Waals surface area contributed by atoms with Crippen molar-refractivity contribution in [2.45, 2.75) is 29.9 Å². The van der Waals surface area contributed by atoms with Gasteiger partial charge in [-0.15, -0.1) is 11.8 Å². The van der Waals surface area contributed by atoms with Crippen LogP contribution in [0.15, 0.2) is 113 Å². The molecule has 262 valence electrons. The van der Waals surface area contributed by atoms with Crippen molar-refractivity contribution >= 4 is 58.7 Å². The van der Waals surface area contributed by atoms with Crippen LogP contribution in [0.3, 0.4) is 0 Å². The summed E-state index contributed by atoms with van der Waals surface area (Å²) in [5, 5.41) is 13.5. The number of hydrazone groups is 1. The monoisotopic (exact) mass is 707 g/mol. The Hall–Kier alpha value is -6.08. The highest BCUT2D eigenvalue weighted by Gasteiger charge is 2.28. The highest BCUT2D eigenvalue weighted by atomic mass is 32.2. The van der Waals surface area contributed by atoms with Crippen LogP contribution in [0, 0.1) is 0 Å². The van der Waals surface area contributed by atoms with E-state index >= 15 is 0 Å². The van der Waals surface area contributed by atoms with Crippen molar-refractivity contribution in [3.05, 3.63) is 114 Å². The van der Waals surface area contributed by atoms with Gasteiger partial charge in [-0.2, -0.15) is 10.1 Å². The molecule has 1 unspecified atom stereocenters. The second kappa shape index (κ2) is 17.0. The Morgan fingerprint density at radius 2 is 1.53 bits per heavy atom. The van der Waals surface area contributed by atoms with Gasteiger partial charge in [0.25, 0.3) is 17.7 Å². The van der Waals surface area contributed by atoms with Gasteiger partial charge in [-0.3, -0.25) is 19.2 Å². The molecule has 0 saturated carbocycles.